The smallest absolute Gasteiger partial charge is 0.400 e. The fourth-order valence-electron chi connectivity index (χ4n) is 3.87. The first-order valence-corrected chi connectivity index (χ1v) is 13.8. The molecule has 0 fully saturated rings. The van der Waals surface area contributed by atoms with Gasteiger partial charge in [-0.2, -0.15) is 13.2 Å². The fourth-order valence-corrected chi connectivity index (χ4v) is 4.39. The highest BCUT2D eigenvalue weighted by atomic mass is 35.5. The van der Waals surface area contributed by atoms with Crippen LogP contribution in [0, 0.1) is 5.41 Å². The molecule has 0 atom stereocenters. The van der Waals surface area contributed by atoms with Crippen molar-refractivity contribution in [2.45, 2.75) is 45.7 Å². The molecule has 0 heterocycles. The lowest BCUT2D eigenvalue weighted by Gasteiger charge is -2.26. The van der Waals surface area contributed by atoms with Gasteiger partial charge >= 0.3 is 6.18 Å². The van der Waals surface area contributed by atoms with Crippen LogP contribution in [0.15, 0.2) is 54.6 Å². The van der Waals surface area contributed by atoms with Gasteiger partial charge in [0.2, 0.25) is 0 Å². The molecule has 0 radical (unpaired) electrons. The highest BCUT2D eigenvalue weighted by molar-refractivity contribution is 6.42. The Bertz CT molecular complexity index is 1530. The molecule has 3 aromatic carbocycles. The van der Waals surface area contributed by atoms with Gasteiger partial charge in [0, 0.05) is 24.1 Å². The summed E-state index contributed by atoms with van der Waals surface area (Å²) in [6.07, 6.45) is -8.24. The molecule has 1 N–H and O–H groups in total. The second-order valence-electron chi connectivity index (χ2n) is 10.1. The number of ketones is 2. The Balaban J connectivity index is 1.82. The van der Waals surface area contributed by atoms with Gasteiger partial charge in [0.15, 0.2) is 5.78 Å². The average molecular weight is 665 g/mol. The van der Waals surface area contributed by atoms with E-state index < -0.39 is 48.5 Å². The normalized spacial score (nSPS) is 11.9. The van der Waals surface area contributed by atoms with Gasteiger partial charge in [-0.1, -0.05) is 46.9 Å². The number of carbonyl (C=O) groups is 3. The van der Waals surface area contributed by atoms with E-state index in [9.17, 15) is 36.3 Å². The number of amides is 1. The van der Waals surface area contributed by atoms with Crippen LogP contribution in [0.4, 0.5) is 27.6 Å². The maximum absolute atomic E-state index is 13.2. The molecular weight excluding hydrogens is 640 g/mol. The van der Waals surface area contributed by atoms with Gasteiger partial charge in [0.05, 0.1) is 20.6 Å². The Hall–Kier alpha value is -3.21. The van der Waals surface area contributed by atoms with Gasteiger partial charge in [-0.05, 0) is 73.9 Å². The van der Waals surface area contributed by atoms with E-state index in [-0.39, 0.29) is 50.5 Å². The number of aryl methyl sites for hydroxylation is 1. The summed E-state index contributed by atoms with van der Waals surface area (Å²) in [4.78, 5) is 38.5. The highest BCUT2D eigenvalue weighted by Crippen LogP contribution is 2.39. The number of rotatable bonds is 12. The number of anilines is 1. The van der Waals surface area contributed by atoms with E-state index in [0.29, 0.717) is 11.1 Å². The maximum atomic E-state index is 13.2. The van der Waals surface area contributed by atoms with Gasteiger partial charge in [-0.15, -0.1) is 0 Å². The number of hydrogen-bond donors (Lipinski definition) is 1. The predicted molar refractivity (Wildman–Crippen MR) is 155 cm³/mol. The number of benzene rings is 3. The summed E-state index contributed by atoms with van der Waals surface area (Å²) in [5, 5.41) is 3.06. The number of alkyl halides is 5. The predicted octanol–water partition coefficient (Wildman–Crippen LogP) is 9.06. The van der Waals surface area contributed by atoms with Crippen molar-refractivity contribution in [2.24, 2.45) is 5.41 Å². The monoisotopic (exact) mass is 663 g/mol. The Morgan fingerprint density at radius 3 is 2.09 bits per heavy atom. The van der Waals surface area contributed by atoms with Crippen molar-refractivity contribution in [3.63, 3.8) is 0 Å². The molecule has 5 nitrogen and oxygen atoms in total. The van der Waals surface area contributed by atoms with E-state index in [0.717, 1.165) is 13.8 Å². The van der Waals surface area contributed by atoms with Gasteiger partial charge in [-0.3, -0.25) is 14.4 Å². The van der Waals surface area contributed by atoms with E-state index >= 15 is 0 Å². The van der Waals surface area contributed by atoms with E-state index in [1.165, 1.54) is 54.6 Å². The van der Waals surface area contributed by atoms with Crippen LogP contribution in [-0.2, 0) is 17.6 Å². The lowest BCUT2D eigenvalue weighted by molar-refractivity contribution is -0.210. The SMILES string of the molecule is CC(C)(C(=O)CCc1ccc(Cl)c(C(=O)Cc2ccc(OCC(F)F)c(C(=O)Nc3ccc(Cl)c(Cl)c3)c2)c1)C(F)(F)F. The van der Waals surface area contributed by atoms with E-state index in [1.54, 1.807) is 0 Å². The lowest BCUT2D eigenvalue weighted by Crippen LogP contribution is -2.39. The van der Waals surface area contributed by atoms with Crippen LogP contribution in [0.5, 0.6) is 5.75 Å². The van der Waals surface area contributed by atoms with Gasteiger partial charge in [0.1, 0.15) is 23.6 Å². The quantitative estimate of drug-likeness (QED) is 0.155. The molecule has 0 saturated heterocycles. The van der Waals surface area contributed by atoms with Gasteiger partial charge < -0.3 is 10.1 Å². The van der Waals surface area contributed by atoms with Gasteiger partial charge in [0.25, 0.3) is 12.3 Å². The third-order valence-electron chi connectivity index (χ3n) is 6.57. The summed E-state index contributed by atoms with van der Waals surface area (Å²) >= 11 is 18.1. The third kappa shape index (κ3) is 8.90. The first kappa shape index (κ1) is 34.3. The Kier molecular flexibility index (Phi) is 11.2. The van der Waals surface area contributed by atoms with Crippen LogP contribution in [0.2, 0.25) is 15.1 Å². The molecule has 3 aromatic rings. The standard InChI is InChI=1S/C30H25Cl3F5NO4/c1-29(2,30(36,37)38)26(41)10-5-16-3-7-21(31)19(11-16)24(40)13-17-4-9-25(43-15-27(34)35)20(12-17)28(42)39-18-6-8-22(32)23(33)14-18/h3-4,6-9,11-12,14,27H,5,10,13,15H2,1-2H3,(H,39,42). The molecule has 0 spiro atoms. The number of nitrogens with one attached hydrogen (secondary N) is 1. The number of hydrogen-bond acceptors (Lipinski definition) is 4. The van der Waals surface area contributed by atoms with Crippen LogP contribution in [0.1, 0.15) is 52.1 Å². The molecule has 3 rings (SSSR count). The highest BCUT2D eigenvalue weighted by Gasteiger charge is 2.51. The van der Waals surface area contributed by atoms with Crippen molar-refractivity contribution in [2.75, 3.05) is 11.9 Å². The number of Topliss-reactive ketones (excluding diaryl/α,β-unsaturated/α-hetero) is 2. The summed E-state index contributed by atoms with van der Waals surface area (Å²) in [5.74, 6) is -2.38. The molecule has 0 saturated carbocycles. The van der Waals surface area contributed by atoms with Crippen molar-refractivity contribution in [3.05, 3.63) is 91.9 Å². The summed E-state index contributed by atoms with van der Waals surface area (Å²) in [7, 11) is 0. The zero-order chi connectivity index (χ0) is 32.1. The lowest BCUT2D eigenvalue weighted by atomic mass is 9.84. The van der Waals surface area contributed by atoms with Crippen molar-refractivity contribution in [3.8, 4) is 5.75 Å². The van der Waals surface area contributed by atoms with Crippen molar-refractivity contribution < 1.29 is 41.1 Å². The third-order valence-corrected chi connectivity index (χ3v) is 7.64. The molecular formula is C30H25Cl3F5NO4. The van der Waals surface area contributed by atoms with Crippen LogP contribution in [0.25, 0.3) is 0 Å². The molecule has 1 amide bonds. The second-order valence-corrected chi connectivity index (χ2v) is 11.3. The molecule has 0 aliphatic rings. The number of halogens is 8. The minimum atomic E-state index is -4.71. The van der Waals surface area contributed by atoms with E-state index in [4.69, 9.17) is 39.5 Å². The molecule has 0 aliphatic heterocycles. The minimum Gasteiger partial charge on any atom is -0.487 e. The van der Waals surface area contributed by atoms with Crippen LogP contribution in [-0.4, -0.2) is 36.7 Å². The Morgan fingerprint density at radius 2 is 1.47 bits per heavy atom. The van der Waals surface area contributed by atoms with E-state index in [1.807, 2.05) is 0 Å². The zero-order valence-corrected chi connectivity index (χ0v) is 25.0. The number of carbonyl (C=O) groups excluding carboxylic acids is 3. The zero-order valence-electron chi connectivity index (χ0n) is 22.8. The van der Waals surface area contributed by atoms with Crippen LogP contribution in [0.3, 0.4) is 0 Å². The van der Waals surface area contributed by atoms with Crippen molar-refractivity contribution >= 4 is 58.0 Å². The minimum absolute atomic E-state index is 0.0506. The van der Waals surface area contributed by atoms with E-state index in [2.05, 4.69) is 5.32 Å². The molecule has 43 heavy (non-hydrogen) atoms. The second kappa shape index (κ2) is 14.1. The molecule has 0 aromatic heterocycles. The summed E-state index contributed by atoms with van der Waals surface area (Å²) in [6.45, 7) is 0.653. The van der Waals surface area contributed by atoms with Crippen LogP contribution >= 0.6 is 34.8 Å². The summed E-state index contributed by atoms with van der Waals surface area (Å²) < 4.78 is 70.4. The van der Waals surface area contributed by atoms with Crippen molar-refractivity contribution in [1.29, 1.82) is 0 Å². The maximum Gasteiger partial charge on any atom is 0.400 e. The fraction of sp³-hybridized carbons (Fsp3) is 0.300. The summed E-state index contributed by atoms with van der Waals surface area (Å²) in [5.41, 5.74) is -1.59. The van der Waals surface area contributed by atoms with Crippen LogP contribution < -0.4 is 10.1 Å². The largest absolute Gasteiger partial charge is 0.487 e. The first-order valence-electron chi connectivity index (χ1n) is 12.7. The molecule has 0 aliphatic carbocycles. The summed E-state index contributed by atoms with van der Waals surface area (Å²) in [6, 6.07) is 12.6. The van der Waals surface area contributed by atoms with Gasteiger partial charge in [-0.25, -0.2) is 8.78 Å². The first-order chi connectivity index (χ1) is 20.0. The van der Waals surface area contributed by atoms with Crippen molar-refractivity contribution in [1.82, 2.24) is 0 Å². The molecule has 13 heteroatoms. The Morgan fingerprint density at radius 1 is 0.837 bits per heavy atom. The molecule has 0 bridgehead atoms. The Labute approximate surface area is 259 Å². The molecule has 0 unspecified atom stereocenters. The topological polar surface area (TPSA) is 72.5 Å². The molecule has 230 valence electrons. The average Bonchev–Trinajstić information content (AvgIpc) is 2.92. The number of ether oxygens (including phenoxy) is 1.